The summed E-state index contributed by atoms with van der Waals surface area (Å²) in [6.45, 7) is 1.89. The molecule has 0 aliphatic carbocycles. The summed E-state index contributed by atoms with van der Waals surface area (Å²) in [4.78, 5) is 0. The van der Waals surface area contributed by atoms with Crippen molar-refractivity contribution in [2.45, 2.75) is 6.92 Å². The third-order valence-electron chi connectivity index (χ3n) is 0. The molecule has 0 unspecified atom stereocenters. The monoisotopic (exact) mass is 159 g/mol. The first-order valence-electron chi connectivity index (χ1n) is 1.80. The van der Waals surface area contributed by atoms with Crippen molar-refractivity contribution in [2.24, 2.45) is 11.5 Å². The van der Waals surface area contributed by atoms with Crippen LogP contribution in [0.3, 0.4) is 0 Å². The third kappa shape index (κ3) is 6120. The zero-order chi connectivity index (χ0) is 6.28. The quantitative estimate of drug-likeness (QED) is 0.274. The smallest absolute Gasteiger partial charge is 0.183 e. The fourth-order valence-corrected chi connectivity index (χ4v) is 0. The largest absolute Gasteiger partial charge is 0.370 e. The highest BCUT2D eigenvalue weighted by Crippen LogP contribution is 1.59. The second-order valence-electron chi connectivity index (χ2n) is 0.723. The molecule has 0 bridgehead atoms. The molecule has 5 heteroatoms. The maximum absolute atomic E-state index is 6.06. The molecule has 0 atom stereocenters. The molecule has 0 aliphatic rings. The Hall–Kier alpha value is -0.150. The zero-order valence-corrected chi connectivity index (χ0v) is 6.22. The van der Waals surface area contributed by atoms with Gasteiger partial charge in [0.1, 0.15) is 0 Å². The number of hydrogen-bond donors (Lipinski definition) is 3. The van der Waals surface area contributed by atoms with Crippen LogP contribution in [-0.2, 0) is 0 Å². The SMILES string of the molecule is CCCl.Cl.N=C(N)N. The number of nitrogens with two attached hydrogens (primary N) is 2. The number of rotatable bonds is 0. The van der Waals surface area contributed by atoms with Gasteiger partial charge >= 0.3 is 0 Å². The molecular weight excluding hydrogens is 149 g/mol. The predicted octanol–water partition coefficient (Wildman–Crippen LogP) is 0.505. The Morgan fingerprint density at radius 2 is 1.62 bits per heavy atom. The van der Waals surface area contributed by atoms with E-state index in [1.807, 2.05) is 6.92 Å². The average Bonchev–Trinajstić information content (AvgIpc) is 1.33. The Morgan fingerprint density at radius 1 is 1.62 bits per heavy atom. The molecule has 0 aromatic heterocycles. The summed E-state index contributed by atoms with van der Waals surface area (Å²) in [6, 6.07) is 0. The van der Waals surface area contributed by atoms with Gasteiger partial charge in [0.05, 0.1) is 0 Å². The number of nitrogens with one attached hydrogen (secondary N) is 1. The van der Waals surface area contributed by atoms with Gasteiger partial charge in [0.15, 0.2) is 5.96 Å². The van der Waals surface area contributed by atoms with Crippen LogP contribution in [0.4, 0.5) is 0 Å². The van der Waals surface area contributed by atoms with E-state index in [0.717, 1.165) is 5.88 Å². The lowest BCUT2D eigenvalue weighted by Crippen LogP contribution is -2.20. The fourth-order valence-electron chi connectivity index (χ4n) is 0. The van der Waals surface area contributed by atoms with Crippen LogP contribution >= 0.6 is 24.0 Å². The van der Waals surface area contributed by atoms with Crippen LogP contribution < -0.4 is 11.5 Å². The molecule has 0 amide bonds. The van der Waals surface area contributed by atoms with Crippen LogP contribution in [0.25, 0.3) is 0 Å². The Kier molecular flexibility index (Phi) is 31.0. The summed E-state index contributed by atoms with van der Waals surface area (Å²) in [5, 5.41) is 6.06. The lowest BCUT2D eigenvalue weighted by Gasteiger charge is -1.69. The van der Waals surface area contributed by atoms with E-state index in [1.54, 1.807) is 0 Å². The molecule has 0 radical (unpaired) electrons. The Labute approximate surface area is 60.3 Å². The van der Waals surface area contributed by atoms with Gasteiger partial charge in [-0.3, -0.25) is 5.41 Å². The van der Waals surface area contributed by atoms with Gasteiger partial charge in [0.25, 0.3) is 0 Å². The first-order chi connectivity index (χ1) is 3.15. The highest BCUT2D eigenvalue weighted by Gasteiger charge is 1.52. The molecule has 0 rings (SSSR count). The molecule has 0 fully saturated rings. The van der Waals surface area contributed by atoms with Gasteiger partial charge in [-0.05, 0) is 0 Å². The average molecular weight is 160 g/mol. The van der Waals surface area contributed by atoms with E-state index in [-0.39, 0.29) is 18.4 Å². The van der Waals surface area contributed by atoms with E-state index in [1.165, 1.54) is 0 Å². The van der Waals surface area contributed by atoms with Crippen molar-refractivity contribution in [1.82, 2.24) is 0 Å². The van der Waals surface area contributed by atoms with E-state index in [0.29, 0.717) is 0 Å². The van der Waals surface area contributed by atoms with Gasteiger partial charge < -0.3 is 11.5 Å². The van der Waals surface area contributed by atoms with Gasteiger partial charge in [-0.15, -0.1) is 24.0 Å². The molecule has 0 heterocycles. The Balaban J connectivity index is -0.0000000575. The van der Waals surface area contributed by atoms with Crippen molar-refractivity contribution < 1.29 is 0 Å². The number of alkyl halides is 1. The summed E-state index contributed by atoms with van der Waals surface area (Å²) in [6.07, 6.45) is 0. The van der Waals surface area contributed by atoms with Gasteiger partial charge in [0, 0.05) is 5.88 Å². The lowest BCUT2D eigenvalue weighted by atomic mass is 11.0. The van der Waals surface area contributed by atoms with Crippen molar-refractivity contribution in [1.29, 1.82) is 5.41 Å². The maximum atomic E-state index is 6.06. The topological polar surface area (TPSA) is 75.9 Å². The Morgan fingerprint density at radius 3 is 1.62 bits per heavy atom. The molecule has 0 saturated carbocycles. The second kappa shape index (κ2) is 15.8. The number of halogens is 2. The minimum Gasteiger partial charge on any atom is -0.370 e. The summed E-state index contributed by atoms with van der Waals surface area (Å²) in [5.74, 6) is 0.389. The molecular formula is C3H11Cl2N3. The van der Waals surface area contributed by atoms with E-state index < -0.39 is 0 Å². The molecule has 8 heavy (non-hydrogen) atoms. The standard InChI is InChI=1S/C2H5Cl.CH5N3.ClH/c1-2-3;2-1(3)4;/h2H2,1H3;(H5,2,3,4);1H. The van der Waals surface area contributed by atoms with Gasteiger partial charge in [-0.25, -0.2) is 0 Å². The van der Waals surface area contributed by atoms with Crippen molar-refractivity contribution in [2.75, 3.05) is 5.88 Å². The first-order valence-corrected chi connectivity index (χ1v) is 2.34. The van der Waals surface area contributed by atoms with Crippen molar-refractivity contribution in [3.05, 3.63) is 0 Å². The van der Waals surface area contributed by atoms with Crippen molar-refractivity contribution in [3.63, 3.8) is 0 Å². The minimum atomic E-state index is -0.333. The van der Waals surface area contributed by atoms with Gasteiger partial charge in [0.2, 0.25) is 0 Å². The molecule has 52 valence electrons. The molecule has 0 aromatic carbocycles. The molecule has 0 saturated heterocycles. The van der Waals surface area contributed by atoms with E-state index in [9.17, 15) is 0 Å². The highest BCUT2D eigenvalue weighted by atomic mass is 35.5. The number of guanidine groups is 1. The van der Waals surface area contributed by atoms with Crippen LogP contribution in [0.15, 0.2) is 0 Å². The first kappa shape index (κ1) is 15.7. The fraction of sp³-hybridized carbons (Fsp3) is 0.667. The zero-order valence-electron chi connectivity index (χ0n) is 4.65. The molecule has 0 spiro atoms. The third-order valence-corrected chi connectivity index (χ3v) is 0. The highest BCUT2D eigenvalue weighted by molar-refractivity contribution is 6.17. The van der Waals surface area contributed by atoms with Crippen molar-refractivity contribution in [3.8, 4) is 0 Å². The summed E-state index contributed by atoms with van der Waals surface area (Å²) < 4.78 is 0. The van der Waals surface area contributed by atoms with Crippen LogP contribution in [0.5, 0.6) is 0 Å². The number of hydrogen-bond acceptors (Lipinski definition) is 1. The molecule has 0 aromatic rings. The van der Waals surface area contributed by atoms with Gasteiger partial charge in [-0.2, -0.15) is 0 Å². The molecule has 3 nitrogen and oxygen atoms in total. The lowest BCUT2D eigenvalue weighted by molar-refractivity contribution is 1.39. The minimum absolute atomic E-state index is 0. The van der Waals surface area contributed by atoms with E-state index in [2.05, 4.69) is 11.5 Å². The predicted molar refractivity (Wildman–Crippen MR) is 39.7 cm³/mol. The van der Waals surface area contributed by atoms with Gasteiger partial charge in [-0.1, -0.05) is 6.92 Å². The van der Waals surface area contributed by atoms with Crippen LogP contribution in [0.2, 0.25) is 0 Å². The molecule has 0 aliphatic heterocycles. The van der Waals surface area contributed by atoms with Crippen LogP contribution in [-0.4, -0.2) is 11.8 Å². The van der Waals surface area contributed by atoms with Crippen LogP contribution in [0, 0.1) is 5.41 Å². The van der Waals surface area contributed by atoms with E-state index in [4.69, 9.17) is 17.0 Å². The normalized spacial score (nSPS) is 5.25. The summed E-state index contributed by atoms with van der Waals surface area (Å²) in [7, 11) is 0. The second-order valence-corrected chi connectivity index (χ2v) is 1.26. The summed E-state index contributed by atoms with van der Waals surface area (Å²) >= 11 is 5.00. The summed E-state index contributed by atoms with van der Waals surface area (Å²) in [5.41, 5.74) is 8.94. The molecule has 5 N–H and O–H groups in total. The van der Waals surface area contributed by atoms with Crippen molar-refractivity contribution >= 4 is 30.0 Å². The Bertz CT molecular complexity index is 43.8. The maximum Gasteiger partial charge on any atom is 0.183 e. The van der Waals surface area contributed by atoms with Crippen LogP contribution in [0.1, 0.15) is 6.92 Å². The van der Waals surface area contributed by atoms with E-state index >= 15 is 0 Å².